The molecule has 1 aliphatic carbocycles. The normalized spacial score (nSPS) is 17.1. The quantitative estimate of drug-likeness (QED) is 0.744. The van der Waals surface area contributed by atoms with E-state index in [-0.39, 0.29) is 0 Å². The first-order valence-electron chi connectivity index (χ1n) is 7.19. The van der Waals surface area contributed by atoms with E-state index in [9.17, 15) is 0 Å². The van der Waals surface area contributed by atoms with Crippen LogP contribution in [0.4, 0.5) is 0 Å². The Morgan fingerprint density at radius 1 is 1.42 bits per heavy atom. The highest BCUT2D eigenvalue weighted by Gasteiger charge is 2.32. The Balaban J connectivity index is 1.92. The van der Waals surface area contributed by atoms with Gasteiger partial charge in [0.25, 0.3) is 0 Å². The summed E-state index contributed by atoms with van der Waals surface area (Å²) in [7, 11) is 3.69. The van der Waals surface area contributed by atoms with Crippen LogP contribution in [-0.4, -0.2) is 38.3 Å². The van der Waals surface area contributed by atoms with Crippen LogP contribution in [0.2, 0.25) is 0 Å². The summed E-state index contributed by atoms with van der Waals surface area (Å²) in [4.78, 5) is 2.48. The predicted molar refractivity (Wildman–Crippen MR) is 75.9 cm³/mol. The number of furan rings is 1. The summed E-state index contributed by atoms with van der Waals surface area (Å²) in [6.07, 6.45) is 2.74. The summed E-state index contributed by atoms with van der Waals surface area (Å²) in [5, 5.41) is 3.11. The largest absolute Gasteiger partial charge is 0.463 e. The maximum atomic E-state index is 5.84. The lowest BCUT2D eigenvalue weighted by Crippen LogP contribution is -2.36. The van der Waals surface area contributed by atoms with E-state index in [1.54, 1.807) is 7.11 Å². The van der Waals surface area contributed by atoms with Gasteiger partial charge in [0.1, 0.15) is 11.5 Å². The van der Waals surface area contributed by atoms with Gasteiger partial charge in [0.15, 0.2) is 0 Å². The molecular weight excluding hydrogens is 240 g/mol. The van der Waals surface area contributed by atoms with Gasteiger partial charge in [-0.15, -0.1) is 0 Å². The van der Waals surface area contributed by atoms with E-state index in [1.165, 1.54) is 12.8 Å². The Morgan fingerprint density at radius 2 is 2.16 bits per heavy atom. The van der Waals surface area contributed by atoms with Gasteiger partial charge in [0, 0.05) is 19.7 Å². The fourth-order valence-corrected chi connectivity index (χ4v) is 2.49. The van der Waals surface area contributed by atoms with Gasteiger partial charge in [-0.2, -0.15) is 0 Å². The monoisotopic (exact) mass is 266 g/mol. The van der Waals surface area contributed by atoms with E-state index in [0.717, 1.165) is 43.7 Å². The standard InChI is InChI=1S/C15H26N2O2/c1-12(13-4-5-13)17(8-9-18-3)11-15-7-6-14(19-15)10-16-2/h6-7,12-13,16H,4-5,8-11H2,1-3H3. The van der Waals surface area contributed by atoms with Gasteiger partial charge in [-0.25, -0.2) is 0 Å². The minimum absolute atomic E-state index is 0.619. The van der Waals surface area contributed by atoms with Gasteiger partial charge in [-0.05, 0) is 44.9 Å². The van der Waals surface area contributed by atoms with Crippen molar-refractivity contribution in [3.63, 3.8) is 0 Å². The minimum atomic E-state index is 0.619. The fourth-order valence-electron chi connectivity index (χ4n) is 2.49. The molecule has 0 saturated heterocycles. The molecule has 1 saturated carbocycles. The molecule has 1 atom stereocenters. The molecule has 0 bridgehead atoms. The zero-order valence-electron chi connectivity index (χ0n) is 12.3. The van der Waals surface area contributed by atoms with Crippen molar-refractivity contribution in [2.24, 2.45) is 5.92 Å². The summed E-state index contributed by atoms with van der Waals surface area (Å²) >= 11 is 0. The molecule has 19 heavy (non-hydrogen) atoms. The number of methoxy groups -OCH3 is 1. The molecule has 0 aromatic carbocycles. The topological polar surface area (TPSA) is 37.6 Å². The number of ether oxygens (including phenoxy) is 1. The van der Waals surface area contributed by atoms with E-state index in [0.29, 0.717) is 6.04 Å². The Morgan fingerprint density at radius 3 is 2.79 bits per heavy atom. The molecule has 0 radical (unpaired) electrons. The number of hydrogen-bond donors (Lipinski definition) is 1. The Kier molecular flexibility index (Phi) is 5.43. The van der Waals surface area contributed by atoms with Crippen molar-refractivity contribution in [2.75, 3.05) is 27.3 Å². The van der Waals surface area contributed by atoms with Crippen LogP contribution >= 0.6 is 0 Å². The number of nitrogens with one attached hydrogen (secondary N) is 1. The van der Waals surface area contributed by atoms with Crippen LogP contribution in [0.1, 0.15) is 31.3 Å². The summed E-state index contributed by atoms with van der Waals surface area (Å²) in [5.41, 5.74) is 0. The molecular formula is C15H26N2O2. The average molecular weight is 266 g/mol. The predicted octanol–water partition coefficient (Wildman–Crippen LogP) is 2.25. The molecule has 1 aliphatic rings. The molecule has 1 aromatic rings. The highest BCUT2D eigenvalue weighted by Crippen LogP contribution is 2.35. The van der Waals surface area contributed by atoms with E-state index >= 15 is 0 Å². The molecule has 108 valence electrons. The van der Waals surface area contributed by atoms with Crippen molar-refractivity contribution in [1.82, 2.24) is 10.2 Å². The van der Waals surface area contributed by atoms with Gasteiger partial charge in [0.05, 0.1) is 19.7 Å². The van der Waals surface area contributed by atoms with Crippen molar-refractivity contribution in [3.8, 4) is 0 Å². The summed E-state index contributed by atoms with van der Waals surface area (Å²) in [5.74, 6) is 2.92. The molecule has 1 aromatic heterocycles. The van der Waals surface area contributed by atoms with Crippen molar-refractivity contribution < 1.29 is 9.15 Å². The van der Waals surface area contributed by atoms with Crippen molar-refractivity contribution >= 4 is 0 Å². The van der Waals surface area contributed by atoms with Crippen LogP contribution < -0.4 is 5.32 Å². The smallest absolute Gasteiger partial charge is 0.118 e. The van der Waals surface area contributed by atoms with Gasteiger partial charge >= 0.3 is 0 Å². The second-order valence-corrected chi connectivity index (χ2v) is 5.44. The average Bonchev–Trinajstić information content (AvgIpc) is 3.16. The second kappa shape index (κ2) is 7.08. The van der Waals surface area contributed by atoms with Crippen molar-refractivity contribution in [2.45, 2.75) is 38.9 Å². The Bertz CT molecular complexity index is 374. The first-order chi connectivity index (χ1) is 9.24. The molecule has 4 nitrogen and oxygen atoms in total. The molecule has 1 heterocycles. The molecule has 1 fully saturated rings. The lowest BCUT2D eigenvalue weighted by molar-refractivity contribution is 0.105. The first kappa shape index (κ1) is 14.6. The van der Waals surface area contributed by atoms with Gasteiger partial charge < -0.3 is 14.5 Å². The lowest BCUT2D eigenvalue weighted by Gasteiger charge is -2.28. The van der Waals surface area contributed by atoms with Crippen LogP contribution in [0.3, 0.4) is 0 Å². The molecule has 0 aliphatic heterocycles. The minimum Gasteiger partial charge on any atom is -0.463 e. The van der Waals surface area contributed by atoms with Crippen LogP contribution in [-0.2, 0) is 17.8 Å². The van der Waals surface area contributed by atoms with Crippen LogP contribution in [0, 0.1) is 5.92 Å². The summed E-state index contributed by atoms with van der Waals surface area (Å²) in [6, 6.07) is 4.77. The van der Waals surface area contributed by atoms with E-state index < -0.39 is 0 Å². The van der Waals surface area contributed by atoms with Gasteiger partial charge in [0.2, 0.25) is 0 Å². The van der Waals surface area contributed by atoms with Crippen molar-refractivity contribution in [3.05, 3.63) is 23.7 Å². The van der Waals surface area contributed by atoms with E-state index in [1.807, 2.05) is 7.05 Å². The van der Waals surface area contributed by atoms with Crippen molar-refractivity contribution in [1.29, 1.82) is 0 Å². The fraction of sp³-hybridized carbons (Fsp3) is 0.733. The Labute approximate surface area is 116 Å². The lowest BCUT2D eigenvalue weighted by atomic mass is 10.2. The van der Waals surface area contributed by atoms with Crippen LogP contribution in [0.25, 0.3) is 0 Å². The zero-order chi connectivity index (χ0) is 13.7. The molecule has 0 spiro atoms. The second-order valence-electron chi connectivity index (χ2n) is 5.44. The number of rotatable bonds is 9. The number of hydrogen-bond acceptors (Lipinski definition) is 4. The third-order valence-electron chi connectivity index (χ3n) is 3.89. The zero-order valence-corrected chi connectivity index (χ0v) is 12.3. The third kappa shape index (κ3) is 4.34. The maximum Gasteiger partial charge on any atom is 0.118 e. The third-order valence-corrected chi connectivity index (χ3v) is 3.89. The number of nitrogens with zero attached hydrogens (tertiary/aromatic N) is 1. The van der Waals surface area contributed by atoms with Gasteiger partial charge in [-0.1, -0.05) is 0 Å². The Hall–Kier alpha value is -0.840. The maximum absolute atomic E-state index is 5.84. The molecule has 1 unspecified atom stereocenters. The molecule has 0 amide bonds. The van der Waals surface area contributed by atoms with E-state index in [4.69, 9.17) is 9.15 Å². The molecule has 1 N–H and O–H groups in total. The highest BCUT2D eigenvalue weighted by molar-refractivity contribution is 5.07. The van der Waals surface area contributed by atoms with Crippen LogP contribution in [0.5, 0.6) is 0 Å². The first-order valence-corrected chi connectivity index (χ1v) is 7.19. The van der Waals surface area contributed by atoms with Crippen LogP contribution in [0.15, 0.2) is 16.5 Å². The summed E-state index contributed by atoms with van der Waals surface area (Å²) < 4.78 is 11.1. The molecule has 4 heteroatoms. The molecule has 2 rings (SSSR count). The van der Waals surface area contributed by atoms with Gasteiger partial charge in [-0.3, -0.25) is 4.90 Å². The summed E-state index contributed by atoms with van der Waals surface area (Å²) in [6.45, 7) is 5.74. The highest BCUT2D eigenvalue weighted by atomic mass is 16.5. The van der Waals surface area contributed by atoms with E-state index in [2.05, 4.69) is 29.3 Å². The SMILES string of the molecule is CNCc1ccc(CN(CCOC)C(C)C2CC2)o1.